The molecule has 0 unspecified atom stereocenters. The molecule has 0 fully saturated rings. The monoisotopic (exact) mass is 323 g/mol. The zero-order valence-electron chi connectivity index (χ0n) is 12.6. The summed E-state index contributed by atoms with van der Waals surface area (Å²) in [5.41, 5.74) is 0.669. The van der Waals surface area contributed by atoms with E-state index in [4.69, 9.17) is 4.74 Å². The van der Waals surface area contributed by atoms with E-state index in [1.165, 1.54) is 18.5 Å². The highest BCUT2D eigenvalue weighted by Crippen LogP contribution is 2.21. The SMILES string of the molecule is O=C(NCc1ccccc1F)c1cccnc1Oc1cccnc1. The van der Waals surface area contributed by atoms with E-state index < -0.39 is 5.91 Å². The van der Waals surface area contributed by atoms with Crippen molar-refractivity contribution in [3.63, 3.8) is 0 Å². The van der Waals surface area contributed by atoms with Gasteiger partial charge in [-0.05, 0) is 30.3 Å². The van der Waals surface area contributed by atoms with Crippen molar-refractivity contribution in [2.45, 2.75) is 6.54 Å². The summed E-state index contributed by atoms with van der Waals surface area (Å²) in [5.74, 6) is -0.128. The zero-order chi connectivity index (χ0) is 16.8. The number of amides is 1. The third-order valence-electron chi connectivity index (χ3n) is 3.26. The minimum absolute atomic E-state index is 0.0761. The average Bonchev–Trinajstić information content (AvgIpc) is 2.62. The summed E-state index contributed by atoms with van der Waals surface area (Å²) in [5, 5.41) is 2.67. The second-order valence-electron chi connectivity index (χ2n) is 4.92. The predicted octanol–water partition coefficient (Wildman–Crippen LogP) is 3.34. The number of nitrogens with one attached hydrogen (secondary N) is 1. The van der Waals surface area contributed by atoms with E-state index >= 15 is 0 Å². The largest absolute Gasteiger partial charge is 0.437 e. The van der Waals surface area contributed by atoms with Gasteiger partial charge in [0.1, 0.15) is 17.1 Å². The van der Waals surface area contributed by atoms with Crippen LogP contribution in [0.3, 0.4) is 0 Å². The molecule has 120 valence electrons. The summed E-state index contributed by atoms with van der Waals surface area (Å²) >= 11 is 0. The Bertz CT molecular complexity index is 840. The molecule has 0 bridgehead atoms. The smallest absolute Gasteiger partial charge is 0.257 e. The fourth-order valence-electron chi connectivity index (χ4n) is 2.08. The highest BCUT2D eigenvalue weighted by atomic mass is 19.1. The van der Waals surface area contributed by atoms with Gasteiger partial charge in [-0.15, -0.1) is 0 Å². The third-order valence-corrected chi connectivity index (χ3v) is 3.26. The molecule has 6 heteroatoms. The molecule has 0 aliphatic rings. The van der Waals surface area contributed by atoms with Crippen molar-refractivity contribution in [3.8, 4) is 11.6 Å². The fraction of sp³-hybridized carbons (Fsp3) is 0.0556. The van der Waals surface area contributed by atoms with Crippen LogP contribution in [-0.2, 0) is 6.54 Å². The van der Waals surface area contributed by atoms with Crippen LogP contribution in [0.2, 0.25) is 0 Å². The van der Waals surface area contributed by atoms with Crippen molar-refractivity contribution in [1.82, 2.24) is 15.3 Å². The summed E-state index contributed by atoms with van der Waals surface area (Å²) in [6.07, 6.45) is 4.67. The van der Waals surface area contributed by atoms with E-state index in [1.807, 2.05) is 0 Å². The van der Waals surface area contributed by atoms with Crippen LogP contribution in [0.15, 0.2) is 67.1 Å². The van der Waals surface area contributed by atoms with Crippen LogP contribution < -0.4 is 10.1 Å². The first-order chi connectivity index (χ1) is 11.7. The van der Waals surface area contributed by atoms with Crippen LogP contribution in [0, 0.1) is 5.82 Å². The molecule has 0 radical (unpaired) electrons. The first-order valence-corrected chi connectivity index (χ1v) is 7.28. The zero-order valence-corrected chi connectivity index (χ0v) is 12.6. The maximum Gasteiger partial charge on any atom is 0.257 e. The highest BCUT2D eigenvalue weighted by molar-refractivity contribution is 5.96. The number of ether oxygens (including phenoxy) is 1. The van der Waals surface area contributed by atoms with Gasteiger partial charge in [0.25, 0.3) is 5.91 Å². The number of hydrogen-bond acceptors (Lipinski definition) is 4. The second kappa shape index (κ2) is 7.32. The molecule has 0 aliphatic heterocycles. The molecule has 0 spiro atoms. The van der Waals surface area contributed by atoms with Crippen molar-refractivity contribution >= 4 is 5.91 Å². The first-order valence-electron chi connectivity index (χ1n) is 7.28. The Balaban J connectivity index is 1.74. The van der Waals surface area contributed by atoms with Gasteiger partial charge < -0.3 is 10.1 Å². The Kier molecular flexibility index (Phi) is 4.76. The van der Waals surface area contributed by atoms with Crippen molar-refractivity contribution in [3.05, 3.63) is 84.1 Å². The number of aromatic nitrogens is 2. The van der Waals surface area contributed by atoms with Gasteiger partial charge in [-0.2, -0.15) is 0 Å². The van der Waals surface area contributed by atoms with Gasteiger partial charge in [-0.25, -0.2) is 9.37 Å². The topological polar surface area (TPSA) is 64.1 Å². The number of carbonyl (C=O) groups is 1. The predicted molar refractivity (Wildman–Crippen MR) is 86.1 cm³/mol. The molecule has 3 rings (SSSR count). The molecule has 0 atom stereocenters. The van der Waals surface area contributed by atoms with Gasteiger partial charge in [-0.3, -0.25) is 9.78 Å². The summed E-state index contributed by atoms with van der Waals surface area (Å²) in [7, 11) is 0. The van der Waals surface area contributed by atoms with Crippen molar-refractivity contribution in [1.29, 1.82) is 0 Å². The lowest BCUT2D eigenvalue weighted by molar-refractivity contribution is 0.0947. The van der Waals surface area contributed by atoms with Crippen LogP contribution in [0.1, 0.15) is 15.9 Å². The summed E-state index contributed by atoms with van der Waals surface area (Å²) in [4.78, 5) is 20.4. The Hall–Kier alpha value is -3.28. The molecule has 5 nitrogen and oxygen atoms in total. The molecule has 3 aromatic rings. The van der Waals surface area contributed by atoms with Crippen molar-refractivity contribution in [2.75, 3.05) is 0 Å². The molecule has 1 amide bonds. The Morgan fingerprint density at radius 1 is 1.08 bits per heavy atom. The van der Waals surface area contributed by atoms with Crippen LogP contribution in [0.4, 0.5) is 4.39 Å². The van der Waals surface area contributed by atoms with Gasteiger partial charge in [-0.1, -0.05) is 18.2 Å². The fourth-order valence-corrected chi connectivity index (χ4v) is 2.08. The Morgan fingerprint density at radius 3 is 2.71 bits per heavy atom. The molecule has 0 saturated carbocycles. The maximum atomic E-state index is 13.6. The molecular weight excluding hydrogens is 309 g/mol. The summed E-state index contributed by atoms with van der Waals surface area (Å²) < 4.78 is 19.2. The van der Waals surface area contributed by atoms with Gasteiger partial charge in [0.05, 0.1) is 6.20 Å². The molecule has 2 heterocycles. The minimum Gasteiger partial charge on any atom is -0.437 e. The molecular formula is C18H14FN3O2. The third kappa shape index (κ3) is 3.73. The number of hydrogen-bond donors (Lipinski definition) is 1. The molecule has 2 aromatic heterocycles. The lowest BCUT2D eigenvalue weighted by Gasteiger charge is -2.10. The number of benzene rings is 1. The first kappa shape index (κ1) is 15.6. The van der Waals surface area contributed by atoms with E-state index in [-0.39, 0.29) is 23.8 Å². The van der Waals surface area contributed by atoms with E-state index in [0.29, 0.717) is 11.3 Å². The lowest BCUT2D eigenvalue weighted by Crippen LogP contribution is -2.24. The lowest BCUT2D eigenvalue weighted by atomic mass is 10.2. The van der Waals surface area contributed by atoms with Gasteiger partial charge in [0, 0.05) is 24.5 Å². The molecule has 0 aliphatic carbocycles. The minimum atomic E-state index is -0.398. The summed E-state index contributed by atoms with van der Waals surface area (Å²) in [6, 6.07) is 12.9. The van der Waals surface area contributed by atoms with E-state index in [0.717, 1.165) is 0 Å². The number of carbonyl (C=O) groups excluding carboxylic acids is 1. The Morgan fingerprint density at radius 2 is 1.92 bits per heavy atom. The van der Waals surface area contributed by atoms with Crippen LogP contribution in [0.5, 0.6) is 11.6 Å². The molecule has 24 heavy (non-hydrogen) atoms. The van der Waals surface area contributed by atoms with Crippen LogP contribution >= 0.6 is 0 Å². The highest BCUT2D eigenvalue weighted by Gasteiger charge is 2.14. The number of rotatable bonds is 5. The van der Waals surface area contributed by atoms with E-state index in [2.05, 4.69) is 15.3 Å². The van der Waals surface area contributed by atoms with Crippen LogP contribution in [-0.4, -0.2) is 15.9 Å². The maximum absolute atomic E-state index is 13.6. The number of nitrogens with zero attached hydrogens (tertiary/aromatic N) is 2. The Labute approximate surface area is 138 Å². The standard InChI is InChI=1S/C18H14FN3O2/c19-16-8-2-1-5-13(16)11-22-17(23)15-7-4-10-21-18(15)24-14-6-3-9-20-12-14/h1-10,12H,11H2,(H,22,23). The molecule has 1 N–H and O–H groups in total. The van der Waals surface area contributed by atoms with Crippen LogP contribution in [0.25, 0.3) is 0 Å². The van der Waals surface area contributed by atoms with Gasteiger partial charge in [0.2, 0.25) is 5.88 Å². The molecule has 1 aromatic carbocycles. The van der Waals surface area contributed by atoms with E-state index in [9.17, 15) is 9.18 Å². The number of halogens is 1. The second-order valence-corrected chi connectivity index (χ2v) is 4.92. The normalized spacial score (nSPS) is 10.2. The summed E-state index contributed by atoms with van der Waals surface area (Å²) in [6.45, 7) is 0.0761. The van der Waals surface area contributed by atoms with Crippen molar-refractivity contribution in [2.24, 2.45) is 0 Å². The molecule has 0 saturated heterocycles. The quantitative estimate of drug-likeness (QED) is 0.782. The van der Waals surface area contributed by atoms with Crippen molar-refractivity contribution < 1.29 is 13.9 Å². The van der Waals surface area contributed by atoms with E-state index in [1.54, 1.807) is 48.7 Å². The number of pyridine rings is 2. The van der Waals surface area contributed by atoms with Gasteiger partial charge in [0.15, 0.2) is 0 Å². The average molecular weight is 323 g/mol. The van der Waals surface area contributed by atoms with Gasteiger partial charge >= 0.3 is 0 Å².